The molecule has 3 atom stereocenters. The normalized spacial score (nSPS) is 14.8. The van der Waals surface area contributed by atoms with E-state index >= 15 is 0 Å². The van der Waals surface area contributed by atoms with E-state index in [0.29, 0.717) is 19.3 Å². The molecule has 64 heavy (non-hydrogen) atoms. The highest BCUT2D eigenvalue weighted by Crippen LogP contribution is 2.43. The Hall–Kier alpha value is -3.00. The minimum absolute atomic E-state index is 0.0328. The summed E-state index contributed by atoms with van der Waals surface area (Å²) in [6, 6.07) is 0. The SMILES string of the molecule is CCCCC/C=C\C/C=C\C/C=C\C/C=C\CCCCCC(=O)OC[C@H](COP(=O)(O)OC[C@@H](O)COP(=O)(O)O)OC(=O)CCC/C=C\C/C=C\C/C=C\C/C=C\CCCCCO. The number of aliphatic hydroxyl groups excluding tert-OH is 2. The molecule has 0 aromatic carbocycles. The summed E-state index contributed by atoms with van der Waals surface area (Å²) in [7, 11) is -9.73. The van der Waals surface area contributed by atoms with Crippen molar-refractivity contribution in [3.05, 3.63) is 97.2 Å². The van der Waals surface area contributed by atoms with E-state index in [0.717, 1.165) is 89.9 Å². The van der Waals surface area contributed by atoms with E-state index < -0.39 is 66.2 Å². The Balaban J connectivity index is 4.65. The number of esters is 2. The zero-order valence-corrected chi connectivity index (χ0v) is 40.1. The molecule has 0 amide bonds. The van der Waals surface area contributed by atoms with Gasteiger partial charge in [0.05, 0.1) is 19.8 Å². The first-order valence-electron chi connectivity index (χ1n) is 23.0. The van der Waals surface area contributed by atoms with Gasteiger partial charge in [0.2, 0.25) is 0 Å². The Bertz CT molecular complexity index is 1490. The summed E-state index contributed by atoms with van der Waals surface area (Å²) in [5.41, 5.74) is 0. The first-order chi connectivity index (χ1) is 30.9. The van der Waals surface area contributed by atoms with E-state index in [9.17, 15) is 28.7 Å². The fourth-order valence-corrected chi connectivity index (χ4v) is 6.63. The van der Waals surface area contributed by atoms with Crippen LogP contribution < -0.4 is 0 Å². The lowest BCUT2D eigenvalue weighted by molar-refractivity contribution is -0.161. The molecule has 0 saturated carbocycles. The van der Waals surface area contributed by atoms with Gasteiger partial charge in [-0.25, -0.2) is 9.13 Å². The van der Waals surface area contributed by atoms with Crippen LogP contribution in [0.1, 0.15) is 148 Å². The molecule has 0 bridgehead atoms. The van der Waals surface area contributed by atoms with Crippen molar-refractivity contribution in [2.45, 2.75) is 160 Å². The van der Waals surface area contributed by atoms with Gasteiger partial charge in [-0.05, 0) is 103 Å². The number of unbranched alkanes of at least 4 members (excludes halogenated alkanes) is 10. The van der Waals surface area contributed by atoms with Gasteiger partial charge in [-0.15, -0.1) is 0 Å². The topological polar surface area (TPSA) is 216 Å². The molecule has 16 heteroatoms. The fraction of sp³-hybridized carbons (Fsp3) is 0.625. The van der Waals surface area contributed by atoms with E-state index in [2.05, 4.69) is 101 Å². The maximum absolute atomic E-state index is 12.7. The Kier molecular flexibility index (Phi) is 41.8. The average Bonchev–Trinajstić information content (AvgIpc) is 3.26. The third-order valence-electron chi connectivity index (χ3n) is 8.99. The molecule has 0 aliphatic heterocycles. The second-order valence-corrected chi connectivity index (χ2v) is 17.7. The number of phosphoric acid groups is 2. The van der Waals surface area contributed by atoms with Crippen LogP contribution in [-0.4, -0.2) is 82.1 Å². The van der Waals surface area contributed by atoms with Crippen LogP contribution in [0.15, 0.2) is 97.2 Å². The number of rotatable bonds is 43. The summed E-state index contributed by atoms with van der Waals surface area (Å²) < 4.78 is 47.7. The van der Waals surface area contributed by atoms with E-state index in [1.54, 1.807) is 0 Å². The zero-order chi connectivity index (χ0) is 47.3. The van der Waals surface area contributed by atoms with Crippen LogP contribution in [0.2, 0.25) is 0 Å². The van der Waals surface area contributed by atoms with Gasteiger partial charge in [-0.2, -0.15) is 0 Å². The van der Waals surface area contributed by atoms with Crippen LogP contribution in [-0.2, 0) is 41.8 Å². The maximum atomic E-state index is 12.7. The molecule has 5 N–H and O–H groups in total. The number of ether oxygens (including phenoxy) is 2. The number of phosphoric ester groups is 2. The third kappa shape index (κ3) is 47.0. The van der Waals surface area contributed by atoms with Gasteiger partial charge in [-0.1, -0.05) is 130 Å². The number of carbonyl (C=O) groups is 2. The first kappa shape index (κ1) is 61.0. The van der Waals surface area contributed by atoms with Crippen molar-refractivity contribution in [1.29, 1.82) is 0 Å². The molecule has 1 unspecified atom stereocenters. The van der Waals surface area contributed by atoms with E-state index in [4.69, 9.17) is 28.9 Å². The molecule has 0 heterocycles. The van der Waals surface area contributed by atoms with Crippen LogP contribution in [0.4, 0.5) is 0 Å². The molecule has 0 radical (unpaired) electrons. The summed E-state index contributed by atoms with van der Waals surface area (Å²) >= 11 is 0. The summed E-state index contributed by atoms with van der Waals surface area (Å²) in [5.74, 6) is -1.16. The van der Waals surface area contributed by atoms with Crippen LogP contribution >= 0.6 is 15.6 Å². The summed E-state index contributed by atoms with van der Waals surface area (Å²) in [4.78, 5) is 52.7. The lowest BCUT2D eigenvalue weighted by Crippen LogP contribution is -2.29. The van der Waals surface area contributed by atoms with Crippen molar-refractivity contribution >= 4 is 27.6 Å². The fourth-order valence-electron chi connectivity index (χ4n) is 5.48. The maximum Gasteiger partial charge on any atom is 0.472 e. The smallest absolute Gasteiger partial charge is 0.462 e. The molecule has 0 saturated heterocycles. The first-order valence-corrected chi connectivity index (χ1v) is 26.1. The standard InChI is InChI=1S/C48H80O14P2/c1-2-3-4-5-6-7-8-9-10-11-12-14-17-20-23-26-29-32-35-38-47(51)58-43-46(44-61-64(56,57)60-42-45(50)41-59-63(53,54)55)62-48(52)39-36-33-30-27-24-21-18-15-13-16-19-22-25-28-31-34-37-40-49/h6-7,9-10,12-14,16,18,20-23,25,27,30,45-46,49-50H,2-5,8,11,15,17,19,24,26,28-29,31-44H2,1H3,(H,56,57)(H2,53,54,55)/b7-6-,10-9-,14-12-,16-13-,21-18-,23-20-,25-22-,30-27-/t45-,46+/m0/s1. The Morgan fingerprint density at radius 3 is 1.36 bits per heavy atom. The minimum Gasteiger partial charge on any atom is -0.462 e. The molecule has 366 valence electrons. The minimum atomic E-state index is -4.88. The van der Waals surface area contributed by atoms with E-state index in [1.165, 1.54) is 19.3 Å². The molecular formula is C48H80O14P2. The molecule has 0 aliphatic carbocycles. The summed E-state index contributed by atoms with van der Waals surface area (Å²) in [6.45, 7) is -0.378. The Morgan fingerprint density at radius 2 is 0.891 bits per heavy atom. The van der Waals surface area contributed by atoms with Crippen LogP contribution in [0.5, 0.6) is 0 Å². The van der Waals surface area contributed by atoms with Gasteiger partial charge in [0, 0.05) is 19.4 Å². The van der Waals surface area contributed by atoms with Gasteiger partial charge in [0.1, 0.15) is 12.7 Å². The molecule has 14 nitrogen and oxygen atoms in total. The number of hydrogen-bond donors (Lipinski definition) is 5. The summed E-state index contributed by atoms with van der Waals surface area (Å²) in [5, 5.41) is 18.6. The number of allylic oxidation sites excluding steroid dienone is 16. The molecule has 0 aliphatic rings. The van der Waals surface area contributed by atoms with Gasteiger partial charge in [0.25, 0.3) is 0 Å². The van der Waals surface area contributed by atoms with Crippen molar-refractivity contribution in [3.8, 4) is 0 Å². The Labute approximate surface area is 383 Å². The predicted molar refractivity (Wildman–Crippen MR) is 254 cm³/mol. The van der Waals surface area contributed by atoms with Gasteiger partial charge in [-0.3, -0.25) is 23.2 Å². The molecule has 0 aromatic heterocycles. The highest BCUT2D eigenvalue weighted by molar-refractivity contribution is 7.47. The quantitative estimate of drug-likeness (QED) is 0.0166. The predicted octanol–water partition coefficient (Wildman–Crippen LogP) is 11.1. The monoisotopic (exact) mass is 943 g/mol. The van der Waals surface area contributed by atoms with E-state index in [1.807, 2.05) is 12.2 Å². The van der Waals surface area contributed by atoms with Gasteiger partial charge < -0.3 is 34.4 Å². The lowest BCUT2D eigenvalue weighted by atomic mass is 10.1. The molecular weight excluding hydrogens is 862 g/mol. The highest BCUT2D eigenvalue weighted by atomic mass is 31.2. The van der Waals surface area contributed by atoms with E-state index in [-0.39, 0.29) is 19.4 Å². The molecule has 0 fully saturated rings. The van der Waals surface area contributed by atoms with Crippen molar-refractivity contribution in [2.75, 3.05) is 33.0 Å². The van der Waals surface area contributed by atoms with Crippen molar-refractivity contribution in [1.82, 2.24) is 0 Å². The van der Waals surface area contributed by atoms with Crippen molar-refractivity contribution in [3.63, 3.8) is 0 Å². The number of carbonyl (C=O) groups excluding carboxylic acids is 2. The van der Waals surface area contributed by atoms with Crippen LogP contribution in [0, 0.1) is 0 Å². The average molecular weight is 943 g/mol. The van der Waals surface area contributed by atoms with Crippen molar-refractivity contribution in [2.24, 2.45) is 0 Å². The van der Waals surface area contributed by atoms with Crippen LogP contribution in [0.3, 0.4) is 0 Å². The zero-order valence-electron chi connectivity index (χ0n) is 38.3. The number of hydrogen-bond acceptors (Lipinski definition) is 11. The second-order valence-electron chi connectivity index (χ2n) is 15.0. The van der Waals surface area contributed by atoms with Crippen molar-refractivity contribution < 1.29 is 66.7 Å². The lowest BCUT2D eigenvalue weighted by Gasteiger charge is -2.20. The second kappa shape index (κ2) is 43.9. The Morgan fingerprint density at radius 1 is 0.484 bits per heavy atom. The molecule has 0 aromatic rings. The largest absolute Gasteiger partial charge is 0.472 e. The van der Waals surface area contributed by atoms with Gasteiger partial charge in [0.15, 0.2) is 6.10 Å². The summed E-state index contributed by atoms with van der Waals surface area (Å²) in [6.07, 6.45) is 49.8. The molecule has 0 rings (SSSR count). The molecule has 0 spiro atoms. The number of aliphatic hydroxyl groups is 2. The highest BCUT2D eigenvalue weighted by Gasteiger charge is 2.28. The third-order valence-corrected chi connectivity index (χ3v) is 10.4. The van der Waals surface area contributed by atoms with Gasteiger partial charge >= 0.3 is 27.6 Å². The van der Waals surface area contributed by atoms with Crippen LogP contribution in [0.25, 0.3) is 0 Å².